The molecule has 2 rings (SSSR count). The van der Waals surface area contributed by atoms with Crippen molar-refractivity contribution in [1.82, 2.24) is 4.98 Å². The number of allylic oxidation sites excluding steroid dienone is 4. The van der Waals surface area contributed by atoms with E-state index in [0.29, 0.717) is 18.6 Å². The molecule has 1 aliphatic carbocycles. The number of ether oxygens (including phenoxy) is 1. The highest BCUT2D eigenvalue weighted by molar-refractivity contribution is 5.99. The molecule has 0 fully saturated rings. The molecule has 1 aromatic rings. The van der Waals surface area contributed by atoms with Crippen molar-refractivity contribution in [1.29, 1.82) is 0 Å². The van der Waals surface area contributed by atoms with E-state index in [0.717, 1.165) is 24.0 Å². The first-order valence-corrected chi connectivity index (χ1v) is 7.66. The van der Waals surface area contributed by atoms with Gasteiger partial charge in [-0.1, -0.05) is 17.4 Å². The van der Waals surface area contributed by atoms with Gasteiger partial charge in [-0.05, 0) is 51.0 Å². The molecule has 0 bridgehead atoms. The summed E-state index contributed by atoms with van der Waals surface area (Å²) in [6.07, 6.45) is 7.52. The number of esters is 1. The number of aromatic nitrogens is 1. The second kappa shape index (κ2) is 8.09. The molecule has 0 saturated carbocycles. The van der Waals surface area contributed by atoms with Gasteiger partial charge in [0.05, 0.1) is 6.61 Å². The maximum atomic E-state index is 11.8. The molecule has 1 aromatic heterocycles. The number of nitrogens with zero attached hydrogens (tertiary/aromatic N) is 1. The highest BCUT2D eigenvalue weighted by atomic mass is 16.5. The van der Waals surface area contributed by atoms with Gasteiger partial charge in [-0.2, -0.15) is 0 Å². The zero-order chi connectivity index (χ0) is 16.7. The van der Waals surface area contributed by atoms with Crippen LogP contribution in [0.4, 0.5) is 0 Å². The van der Waals surface area contributed by atoms with Crippen LogP contribution < -0.4 is 0 Å². The van der Waals surface area contributed by atoms with Crippen molar-refractivity contribution in [2.24, 2.45) is 0 Å². The van der Waals surface area contributed by atoms with Gasteiger partial charge in [-0.15, -0.1) is 0 Å². The maximum Gasteiger partial charge on any atom is 0.356 e. The summed E-state index contributed by atoms with van der Waals surface area (Å²) in [6.45, 7) is 4.06. The molecule has 0 unspecified atom stereocenters. The second-order valence-corrected chi connectivity index (χ2v) is 5.23. The summed E-state index contributed by atoms with van der Waals surface area (Å²) in [7, 11) is 0. The Bertz CT molecular complexity index is 715. The van der Waals surface area contributed by atoms with E-state index in [9.17, 15) is 9.59 Å². The van der Waals surface area contributed by atoms with Gasteiger partial charge in [-0.25, -0.2) is 9.78 Å². The summed E-state index contributed by atoms with van der Waals surface area (Å²) < 4.78 is 4.87. The van der Waals surface area contributed by atoms with E-state index in [-0.39, 0.29) is 11.5 Å². The summed E-state index contributed by atoms with van der Waals surface area (Å²) in [5, 5.41) is 0. The lowest BCUT2D eigenvalue weighted by Crippen LogP contribution is -2.08. The molecule has 0 spiro atoms. The zero-order valence-electron chi connectivity index (χ0n) is 13.4. The second-order valence-electron chi connectivity index (χ2n) is 5.23. The molecule has 0 radical (unpaired) electrons. The lowest BCUT2D eigenvalue weighted by atomic mass is 9.91. The highest BCUT2D eigenvalue weighted by Crippen LogP contribution is 2.22. The van der Waals surface area contributed by atoms with E-state index in [2.05, 4.69) is 16.8 Å². The predicted molar refractivity (Wildman–Crippen MR) is 87.8 cm³/mol. The molecule has 118 valence electrons. The summed E-state index contributed by atoms with van der Waals surface area (Å²) in [6, 6.07) is 3.30. The van der Waals surface area contributed by atoms with Gasteiger partial charge >= 0.3 is 5.97 Å². The fourth-order valence-corrected chi connectivity index (χ4v) is 2.30. The number of Topliss-reactive ketones (excluding diaryl/α,β-unsaturated/α-hetero) is 1. The Hall–Kier alpha value is -2.67. The predicted octanol–water partition coefficient (Wildman–Crippen LogP) is 3.24. The zero-order valence-corrected chi connectivity index (χ0v) is 13.4. The number of ketones is 1. The van der Waals surface area contributed by atoms with Gasteiger partial charge in [-0.3, -0.25) is 4.79 Å². The van der Waals surface area contributed by atoms with Crippen LogP contribution in [0.15, 0.2) is 41.6 Å². The third-order valence-electron chi connectivity index (χ3n) is 3.51. The first-order valence-electron chi connectivity index (χ1n) is 7.66. The monoisotopic (exact) mass is 309 g/mol. The van der Waals surface area contributed by atoms with E-state index in [1.54, 1.807) is 31.2 Å². The Kier molecular flexibility index (Phi) is 5.87. The first kappa shape index (κ1) is 16.7. The molecule has 0 atom stereocenters. The van der Waals surface area contributed by atoms with Gasteiger partial charge in [0.15, 0.2) is 5.78 Å². The number of carbonyl (C=O) groups excluding carboxylic acids is 2. The van der Waals surface area contributed by atoms with Crippen LogP contribution in [0.2, 0.25) is 0 Å². The Morgan fingerprint density at radius 1 is 1.39 bits per heavy atom. The van der Waals surface area contributed by atoms with Crippen LogP contribution in [-0.2, 0) is 9.53 Å². The largest absolute Gasteiger partial charge is 0.461 e. The molecule has 0 amide bonds. The maximum absolute atomic E-state index is 11.8. The van der Waals surface area contributed by atoms with Gasteiger partial charge in [0.2, 0.25) is 0 Å². The molecule has 4 heteroatoms. The van der Waals surface area contributed by atoms with Crippen LogP contribution in [0.1, 0.15) is 49.2 Å². The molecule has 0 N–H and O–H groups in total. The van der Waals surface area contributed by atoms with Crippen molar-refractivity contribution in [3.05, 3.63) is 52.9 Å². The van der Waals surface area contributed by atoms with Crippen molar-refractivity contribution in [2.75, 3.05) is 6.61 Å². The Morgan fingerprint density at radius 3 is 2.87 bits per heavy atom. The van der Waals surface area contributed by atoms with Crippen LogP contribution in [0, 0.1) is 11.8 Å². The molecule has 0 aliphatic heterocycles. The van der Waals surface area contributed by atoms with Crippen molar-refractivity contribution in [3.63, 3.8) is 0 Å². The lowest BCUT2D eigenvalue weighted by molar-refractivity contribution is -0.115. The van der Waals surface area contributed by atoms with Gasteiger partial charge in [0.1, 0.15) is 5.69 Å². The van der Waals surface area contributed by atoms with Gasteiger partial charge in [0, 0.05) is 23.8 Å². The van der Waals surface area contributed by atoms with Crippen LogP contribution >= 0.6 is 0 Å². The highest BCUT2D eigenvalue weighted by Gasteiger charge is 2.14. The van der Waals surface area contributed by atoms with Crippen molar-refractivity contribution < 1.29 is 14.3 Å². The average molecular weight is 309 g/mol. The number of hydrogen-bond acceptors (Lipinski definition) is 4. The van der Waals surface area contributed by atoms with E-state index in [1.165, 1.54) is 6.20 Å². The molecule has 23 heavy (non-hydrogen) atoms. The smallest absolute Gasteiger partial charge is 0.356 e. The molecular weight excluding hydrogens is 290 g/mol. The van der Waals surface area contributed by atoms with Crippen molar-refractivity contribution in [3.8, 4) is 11.8 Å². The van der Waals surface area contributed by atoms with E-state index >= 15 is 0 Å². The Balaban J connectivity index is 2.03. The number of carbonyl (C=O) groups is 2. The lowest BCUT2D eigenvalue weighted by Gasteiger charge is -2.12. The molecule has 0 saturated heterocycles. The number of hydrogen-bond donors (Lipinski definition) is 0. The quantitative estimate of drug-likeness (QED) is 0.635. The average Bonchev–Trinajstić information content (AvgIpc) is 2.54. The third kappa shape index (κ3) is 4.65. The summed E-state index contributed by atoms with van der Waals surface area (Å²) in [5.41, 5.74) is 2.87. The standard InChI is InChI=1S/C19H19NO3/c1-3-23-19(22)17-12-11-15(13-20-17)8-4-5-9-16-14(2)7-6-10-18(16)21/h5,9,11-13H,3,6-7,10H2,1-2H3. The van der Waals surface area contributed by atoms with Gasteiger partial charge in [0.25, 0.3) is 0 Å². The Labute approximate surface area is 136 Å². The minimum absolute atomic E-state index is 0.187. The van der Waals surface area contributed by atoms with Crippen LogP contribution in [-0.4, -0.2) is 23.3 Å². The molecular formula is C19H19NO3. The van der Waals surface area contributed by atoms with E-state index < -0.39 is 5.97 Å². The fraction of sp³-hybridized carbons (Fsp3) is 0.316. The Morgan fingerprint density at radius 2 is 2.22 bits per heavy atom. The van der Waals surface area contributed by atoms with E-state index in [1.807, 2.05) is 6.92 Å². The SMILES string of the molecule is CCOC(=O)c1ccc(C#CC=CC2=C(C)CCCC2=O)cn1. The number of pyridine rings is 1. The van der Waals surface area contributed by atoms with Crippen molar-refractivity contribution >= 4 is 11.8 Å². The van der Waals surface area contributed by atoms with Crippen LogP contribution in [0.5, 0.6) is 0 Å². The fourth-order valence-electron chi connectivity index (χ4n) is 2.30. The summed E-state index contributed by atoms with van der Waals surface area (Å²) in [5.74, 6) is 5.57. The van der Waals surface area contributed by atoms with Crippen LogP contribution in [0.3, 0.4) is 0 Å². The topological polar surface area (TPSA) is 56.3 Å². The first-order chi connectivity index (χ1) is 11.1. The molecule has 1 heterocycles. The van der Waals surface area contributed by atoms with Crippen LogP contribution in [0.25, 0.3) is 0 Å². The molecule has 1 aliphatic rings. The summed E-state index contributed by atoms with van der Waals surface area (Å²) in [4.78, 5) is 27.3. The van der Waals surface area contributed by atoms with E-state index in [4.69, 9.17) is 4.74 Å². The third-order valence-corrected chi connectivity index (χ3v) is 3.51. The van der Waals surface area contributed by atoms with Gasteiger partial charge < -0.3 is 4.74 Å². The molecule has 4 nitrogen and oxygen atoms in total. The number of rotatable bonds is 3. The summed E-state index contributed by atoms with van der Waals surface area (Å²) >= 11 is 0. The normalized spacial score (nSPS) is 14.6. The molecule has 0 aromatic carbocycles. The minimum atomic E-state index is -0.440. The minimum Gasteiger partial charge on any atom is -0.461 e. The van der Waals surface area contributed by atoms with Crippen molar-refractivity contribution in [2.45, 2.75) is 33.1 Å².